The maximum absolute atomic E-state index is 12.5. The molecule has 7 nitrogen and oxygen atoms in total. The Balaban J connectivity index is 2.47. The van der Waals surface area contributed by atoms with Crippen LogP contribution < -0.4 is 5.32 Å². The van der Waals surface area contributed by atoms with Gasteiger partial charge in [-0.1, -0.05) is 18.2 Å². The summed E-state index contributed by atoms with van der Waals surface area (Å²) in [6, 6.07) is 7.29. The minimum atomic E-state index is -2.19. The predicted molar refractivity (Wildman–Crippen MR) is 87.4 cm³/mol. The van der Waals surface area contributed by atoms with E-state index in [-0.39, 0.29) is 12.8 Å². The monoisotopic (exact) mass is 332 g/mol. The molecule has 2 aromatic rings. The molecule has 0 saturated heterocycles. The van der Waals surface area contributed by atoms with E-state index >= 15 is 0 Å². The Kier molecular flexibility index (Phi) is 4.64. The number of hydrogen-bond acceptors (Lipinski definition) is 4. The molecular weight excluding hydrogens is 312 g/mol. The average Bonchev–Trinajstić information content (AvgIpc) is 2.88. The molecule has 1 aromatic heterocycles. The van der Waals surface area contributed by atoms with Gasteiger partial charge in [-0.25, -0.2) is 9.59 Å². The van der Waals surface area contributed by atoms with Crippen LogP contribution in [-0.2, 0) is 25.5 Å². The number of hydrogen-bond donors (Lipinski definition) is 3. The molecule has 24 heavy (non-hydrogen) atoms. The van der Waals surface area contributed by atoms with Gasteiger partial charge in [0.2, 0.25) is 11.9 Å². The number of aromatic nitrogens is 1. The van der Waals surface area contributed by atoms with Gasteiger partial charge in [0.25, 0.3) is 0 Å². The van der Waals surface area contributed by atoms with Crippen molar-refractivity contribution in [2.75, 3.05) is 0 Å². The molecule has 0 aliphatic rings. The number of nitrogens with one attached hydrogen (secondary N) is 2. The number of amides is 1. The summed E-state index contributed by atoms with van der Waals surface area (Å²) in [5.41, 5.74) is -1.68. The van der Waals surface area contributed by atoms with Crippen LogP contribution in [-0.4, -0.2) is 39.6 Å². The lowest BCUT2D eigenvalue weighted by molar-refractivity contribution is -0.171. The number of ether oxygens (including phenoxy) is 1. The fraction of sp³-hybridized carbons (Fsp3) is 0.353. The highest BCUT2D eigenvalue weighted by Crippen LogP contribution is 2.25. The van der Waals surface area contributed by atoms with Gasteiger partial charge in [0, 0.05) is 23.5 Å². The van der Waals surface area contributed by atoms with E-state index in [1.807, 2.05) is 24.3 Å². The van der Waals surface area contributed by atoms with Crippen LogP contribution in [0.1, 0.15) is 26.3 Å². The summed E-state index contributed by atoms with van der Waals surface area (Å²) < 4.78 is 5.23. The van der Waals surface area contributed by atoms with Crippen LogP contribution >= 0.6 is 0 Å². The second kappa shape index (κ2) is 6.35. The van der Waals surface area contributed by atoms with Gasteiger partial charge >= 0.3 is 11.9 Å². The number of carboxylic acids is 1. The number of H-pyrrole nitrogens is 1. The van der Waals surface area contributed by atoms with Crippen molar-refractivity contribution in [2.45, 2.75) is 38.3 Å². The molecule has 2 rings (SSSR count). The van der Waals surface area contributed by atoms with E-state index in [4.69, 9.17) is 4.74 Å². The Bertz CT molecular complexity index is 775. The van der Waals surface area contributed by atoms with Crippen LogP contribution in [0.4, 0.5) is 0 Å². The number of benzene rings is 1. The molecule has 1 atom stereocenters. The molecule has 0 aliphatic heterocycles. The van der Waals surface area contributed by atoms with Gasteiger partial charge in [0.05, 0.1) is 0 Å². The van der Waals surface area contributed by atoms with Crippen molar-refractivity contribution in [3.05, 3.63) is 36.0 Å². The van der Waals surface area contributed by atoms with E-state index in [0.29, 0.717) is 5.56 Å². The lowest BCUT2D eigenvalue weighted by Gasteiger charge is -2.30. The number of fused-ring (bicyclic) bond motifs is 1. The van der Waals surface area contributed by atoms with E-state index < -0.39 is 23.1 Å². The highest BCUT2D eigenvalue weighted by Gasteiger charge is 2.49. The fourth-order valence-electron chi connectivity index (χ4n) is 2.44. The van der Waals surface area contributed by atoms with Crippen molar-refractivity contribution in [3.8, 4) is 0 Å². The summed E-state index contributed by atoms with van der Waals surface area (Å²) in [6.07, 6.45) is 1.59. The number of carboxylic acid groups (broad SMARTS) is 1. The van der Waals surface area contributed by atoms with E-state index in [2.05, 4.69) is 10.3 Å². The van der Waals surface area contributed by atoms with Crippen molar-refractivity contribution in [1.29, 1.82) is 0 Å². The van der Waals surface area contributed by atoms with Crippen molar-refractivity contribution >= 4 is 29.3 Å². The number of aromatic amines is 1. The summed E-state index contributed by atoms with van der Waals surface area (Å²) in [5.74, 6) is -2.49. The number of rotatable bonds is 6. The maximum atomic E-state index is 12.5. The van der Waals surface area contributed by atoms with Gasteiger partial charge in [-0.05, 0) is 32.4 Å². The quantitative estimate of drug-likeness (QED) is 0.423. The molecule has 1 aromatic carbocycles. The number of carbonyl (C=O) groups is 3. The molecule has 7 heteroatoms. The van der Waals surface area contributed by atoms with Crippen LogP contribution in [0.25, 0.3) is 10.9 Å². The van der Waals surface area contributed by atoms with E-state index in [0.717, 1.165) is 10.9 Å². The molecule has 128 valence electrons. The Hall–Kier alpha value is -2.83. The Morgan fingerprint density at radius 1 is 1.29 bits per heavy atom. The largest absolute Gasteiger partial charge is 0.479 e. The second-order valence-electron chi connectivity index (χ2n) is 6.51. The number of aliphatic carboxylic acids is 1. The first-order valence-electron chi connectivity index (χ1n) is 7.43. The highest BCUT2D eigenvalue weighted by molar-refractivity contribution is 6.06. The molecule has 3 N–H and O–H groups in total. The zero-order valence-corrected chi connectivity index (χ0v) is 13.8. The Morgan fingerprint density at radius 3 is 2.54 bits per heavy atom. The zero-order chi connectivity index (χ0) is 18.0. The number of para-hydroxylation sites is 1. The zero-order valence-electron chi connectivity index (χ0n) is 13.8. The van der Waals surface area contributed by atoms with Crippen LogP contribution in [0.15, 0.2) is 30.5 Å². The SMILES string of the molecule is CC(C)(C)OC(=O)[C@@](Cc1c[nH]c2ccccc12)(NC=O)C(=O)O. The van der Waals surface area contributed by atoms with Gasteiger partial charge in [-0.2, -0.15) is 0 Å². The minimum Gasteiger partial charge on any atom is -0.479 e. The smallest absolute Gasteiger partial charge is 0.344 e. The summed E-state index contributed by atoms with van der Waals surface area (Å²) >= 11 is 0. The fourth-order valence-corrected chi connectivity index (χ4v) is 2.44. The molecule has 0 radical (unpaired) electrons. The second-order valence-corrected chi connectivity index (χ2v) is 6.51. The van der Waals surface area contributed by atoms with Crippen molar-refractivity contribution in [3.63, 3.8) is 0 Å². The summed E-state index contributed by atoms with van der Waals surface area (Å²) in [4.78, 5) is 38.4. The molecule has 0 fully saturated rings. The normalized spacial score (nSPS) is 14.0. The molecule has 0 aliphatic carbocycles. The number of carbonyl (C=O) groups excluding carboxylic acids is 2. The first-order chi connectivity index (χ1) is 11.2. The van der Waals surface area contributed by atoms with Gasteiger partial charge in [-0.3, -0.25) is 4.79 Å². The summed E-state index contributed by atoms with van der Waals surface area (Å²) in [7, 11) is 0. The average molecular weight is 332 g/mol. The lowest BCUT2D eigenvalue weighted by atomic mass is 9.90. The molecule has 0 spiro atoms. The minimum absolute atomic E-state index is 0.201. The van der Waals surface area contributed by atoms with E-state index in [9.17, 15) is 19.5 Å². The standard InChI is InChI=1S/C17H20N2O5/c1-16(2,3)24-15(23)17(14(21)22,19-10-20)8-11-9-18-13-7-5-4-6-12(11)13/h4-7,9-10,18H,8H2,1-3H3,(H,19,20)(H,21,22)/t17-/m0/s1. The first kappa shape index (κ1) is 17.5. The molecule has 1 heterocycles. The summed E-state index contributed by atoms with van der Waals surface area (Å²) in [6.45, 7) is 4.89. The van der Waals surface area contributed by atoms with Crippen molar-refractivity contribution in [2.24, 2.45) is 0 Å². The third kappa shape index (κ3) is 3.40. The number of esters is 1. The topological polar surface area (TPSA) is 108 Å². The third-order valence-electron chi connectivity index (χ3n) is 3.55. The van der Waals surface area contributed by atoms with Gasteiger partial charge in [0.15, 0.2) is 0 Å². The maximum Gasteiger partial charge on any atom is 0.344 e. The molecule has 0 unspecified atom stereocenters. The van der Waals surface area contributed by atoms with Crippen LogP contribution in [0.3, 0.4) is 0 Å². The van der Waals surface area contributed by atoms with Gasteiger partial charge in [0.1, 0.15) is 5.60 Å². The van der Waals surface area contributed by atoms with Crippen LogP contribution in [0.5, 0.6) is 0 Å². The van der Waals surface area contributed by atoms with E-state index in [1.54, 1.807) is 27.0 Å². The molecular formula is C17H20N2O5. The van der Waals surface area contributed by atoms with Crippen LogP contribution in [0.2, 0.25) is 0 Å². The first-order valence-corrected chi connectivity index (χ1v) is 7.43. The van der Waals surface area contributed by atoms with Crippen LogP contribution in [0, 0.1) is 0 Å². The molecule has 1 amide bonds. The van der Waals surface area contributed by atoms with Gasteiger partial charge in [-0.15, -0.1) is 0 Å². The van der Waals surface area contributed by atoms with Crippen molar-refractivity contribution < 1.29 is 24.2 Å². The Labute approximate surface area is 139 Å². The van der Waals surface area contributed by atoms with E-state index in [1.165, 1.54) is 0 Å². The molecule has 0 bridgehead atoms. The van der Waals surface area contributed by atoms with Gasteiger partial charge < -0.3 is 20.1 Å². The molecule has 0 saturated carbocycles. The van der Waals surface area contributed by atoms with Crippen molar-refractivity contribution in [1.82, 2.24) is 10.3 Å². The third-order valence-corrected chi connectivity index (χ3v) is 3.55. The summed E-state index contributed by atoms with van der Waals surface area (Å²) in [5, 5.41) is 12.6. The Morgan fingerprint density at radius 2 is 1.96 bits per heavy atom. The lowest BCUT2D eigenvalue weighted by Crippen LogP contribution is -2.61. The highest BCUT2D eigenvalue weighted by atomic mass is 16.6. The predicted octanol–water partition coefficient (Wildman–Crippen LogP) is 1.62.